The number of nitrogens with one attached hydrogen (secondary N) is 2. The summed E-state index contributed by atoms with van der Waals surface area (Å²) in [7, 11) is 2.13. The van der Waals surface area contributed by atoms with E-state index in [1.54, 1.807) is 6.07 Å². The highest BCUT2D eigenvalue weighted by Gasteiger charge is 2.28. The summed E-state index contributed by atoms with van der Waals surface area (Å²) in [6.45, 7) is 2.96. The molecule has 0 saturated carbocycles. The van der Waals surface area contributed by atoms with Crippen LogP contribution in [0.5, 0.6) is 0 Å². The summed E-state index contributed by atoms with van der Waals surface area (Å²) in [5, 5.41) is 4.21. The Hall–Kier alpha value is -1.53. The first-order valence-electron chi connectivity index (χ1n) is 7.98. The van der Waals surface area contributed by atoms with Gasteiger partial charge in [0.05, 0.1) is 6.42 Å². The smallest absolute Gasteiger partial charge is 0.361 e. The van der Waals surface area contributed by atoms with Crippen LogP contribution in [0.25, 0.3) is 10.9 Å². The number of aromatic nitrogens is 1. The molecule has 0 atom stereocenters. The second-order valence-corrected chi connectivity index (χ2v) is 6.44. The van der Waals surface area contributed by atoms with Gasteiger partial charge in [0.1, 0.15) is 0 Å². The largest absolute Gasteiger partial charge is 0.393 e. The highest BCUT2D eigenvalue weighted by molar-refractivity contribution is 5.83. The lowest BCUT2D eigenvalue weighted by atomic mass is 10.0. The van der Waals surface area contributed by atoms with Crippen LogP contribution in [-0.4, -0.2) is 42.2 Å². The minimum absolute atomic E-state index is 0.308. The molecule has 0 amide bonds. The molecule has 0 spiro atoms. The van der Waals surface area contributed by atoms with E-state index in [4.69, 9.17) is 0 Å². The van der Waals surface area contributed by atoms with Crippen molar-refractivity contribution in [2.75, 3.05) is 20.1 Å². The van der Waals surface area contributed by atoms with E-state index >= 15 is 0 Å². The van der Waals surface area contributed by atoms with Crippen LogP contribution in [0.15, 0.2) is 24.4 Å². The Balaban J connectivity index is 1.64. The standard InChI is InChI=1S/C17H22F3N3/c1-23-6-4-14(5-7-23)21-10-12-2-3-15-13(9-17(18,19)20)11-22-16(15)8-12/h2-3,8,11,14,21-22H,4-7,9-10H2,1H3. The third kappa shape index (κ3) is 4.26. The molecule has 2 aromatic rings. The molecule has 6 heteroatoms. The highest BCUT2D eigenvalue weighted by atomic mass is 19.4. The molecule has 0 unspecified atom stereocenters. The molecule has 1 aliphatic rings. The monoisotopic (exact) mass is 325 g/mol. The van der Waals surface area contributed by atoms with Crippen LogP contribution in [0.1, 0.15) is 24.0 Å². The Morgan fingerprint density at radius 3 is 2.70 bits per heavy atom. The maximum Gasteiger partial charge on any atom is 0.393 e. The van der Waals surface area contributed by atoms with Crippen LogP contribution in [0, 0.1) is 0 Å². The van der Waals surface area contributed by atoms with E-state index in [9.17, 15) is 13.2 Å². The summed E-state index contributed by atoms with van der Waals surface area (Å²) < 4.78 is 37.7. The number of aromatic amines is 1. The van der Waals surface area contributed by atoms with Gasteiger partial charge >= 0.3 is 6.18 Å². The first-order valence-corrected chi connectivity index (χ1v) is 7.98. The fourth-order valence-corrected chi connectivity index (χ4v) is 3.18. The van der Waals surface area contributed by atoms with Crippen molar-refractivity contribution in [3.63, 3.8) is 0 Å². The van der Waals surface area contributed by atoms with E-state index in [0.717, 1.165) is 43.6 Å². The van der Waals surface area contributed by atoms with Crippen molar-refractivity contribution in [1.82, 2.24) is 15.2 Å². The van der Waals surface area contributed by atoms with Crippen LogP contribution in [0.2, 0.25) is 0 Å². The van der Waals surface area contributed by atoms with Gasteiger partial charge in [-0.25, -0.2) is 0 Å². The normalized spacial score (nSPS) is 17.9. The molecule has 1 aromatic carbocycles. The van der Waals surface area contributed by atoms with Crippen molar-refractivity contribution in [3.05, 3.63) is 35.5 Å². The minimum Gasteiger partial charge on any atom is -0.361 e. The Labute approximate surface area is 133 Å². The van der Waals surface area contributed by atoms with Gasteiger partial charge < -0.3 is 15.2 Å². The van der Waals surface area contributed by atoms with E-state index < -0.39 is 12.6 Å². The Kier molecular flexibility index (Phi) is 4.64. The van der Waals surface area contributed by atoms with Crippen LogP contribution < -0.4 is 5.32 Å². The number of piperidine rings is 1. The highest BCUT2D eigenvalue weighted by Crippen LogP contribution is 2.27. The third-order valence-corrected chi connectivity index (χ3v) is 4.54. The van der Waals surface area contributed by atoms with Gasteiger partial charge in [0, 0.05) is 29.7 Å². The molecule has 23 heavy (non-hydrogen) atoms. The molecule has 3 nitrogen and oxygen atoms in total. The summed E-state index contributed by atoms with van der Waals surface area (Å²) in [4.78, 5) is 5.29. The second-order valence-electron chi connectivity index (χ2n) is 6.44. The van der Waals surface area contributed by atoms with E-state index in [0.29, 0.717) is 17.0 Å². The molecule has 2 N–H and O–H groups in total. The van der Waals surface area contributed by atoms with Gasteiger partial charge in [0.25, 0.3) is 0 Å². The topological polar surface area (TPSA) is 31.1 Å². The lowest BCUT2D eigenvalue weighted by Gasteiger charge is -2.29. The maximum absolute atomic E-state index is 12.6. The number of alkyl halides is 3. The molecule has 0 aliphatic carbocycles. The summed E-state index contributed by atoms with van der Waals surface area (Å²) in [5.41, 5.74) is 2.17. The van der Waals surface area contributed by atoms with Crippen LogP contribution in [-0.2, 0) is 13.0 Å². The number of nitrogens with zero attached hydrogens (tertiary/aromatic N) is 1. The SMILES string of the molecule is CN1CCC(NCc2ccc3c(CC(F)(F)F)c[nH]c3c2)CC1. The Morgan fingerprint density at radius 1 is 1.26 bits per heavy atom. The molecule has 1 fully saturated rings. The number of halogens is 3. The molecule has 0 radical (unpaired) electrons. The van der Waals surface area contributed by atoms with E-state index in [-0.39, 0.29) is 0 Å². The predicted molar refractivity (Wildman–Crippen MR) is 85.4 cm³/mol. The average molecular weight is 325 g/mol. The number of rotatable bonds is 4. The molecule has 1 aliphatic heterocycles. The van der Waals surface area contributed by atoms with Crippen LogP contribution in [0.4, 0.5) is 13.2 Å². The van der Waals surface area contributed by atoms with Gasteiger partial charge in [-0.05, 0) is 50.2 Å². The van der Waals surface area contributed by atoms with Crippen molar-refractivity contribution in [2.24, 2.45) is 0 Å². The summed E-state index contributed by atoms with van der Waals surface area (Å²) >= 11 is 0. The van der Waals surface area contributed by atoms with E-state index in [2.05, 4.69) is 22.2 Å². The van der Waals surface area contributed by atoms with Crippen molar-refractivity contribution in [3.8, 4) is 0 Å². The van der Waals surface area contributed by atoms with Crippen LogP contribution >= 0.6 is 0 Å². The lowest BCUT2D eigenvalue weighted by Crippen LogP contribution is -2.40. The molecular formula is C17H22F3N3. The van der Waals surface area contributed by atoms with Crippen LogP contribution in [0.3, 0.4) is 0 Å². The first-order chi connectivity index (χ1) is 10.9. The number of benzene rings is 1. The fraction of sp³-hybridized carbons (Fsp3) is 0.529. The van der Waals surface area contributed by atoms with Crippen molar-refractivity contribution in [1.29, 1.82) is 0 Å². The second kappa shape index (κ2) is 6.53. The van der Waals surface area contributed by atoms with Gasteiger partial charge in [0.15, 0.2) is 0 Å². The number of hydrogen-bond acceptors (Lipinski definition) is 2. The summed E-state index contributed by atoms with van der Waals surface area (Å²) in [5.74, 6) is 0. The lowest BCUT2D eigenvalue weighted by molar-refractivity contribution is -0.127. The molecule has 1 aromatic heterocycles. The summed E-state index contributed by atoms with van der Waals surface area (Å²) in [6, 6.07) is 6.17. The van der Waals surface area contributed by atoms with Gasteiger partial charge in [-0.15, -0.1) is 0 Å². The molecule has 0 bridgehead atoms. The van der Waals surface area contributed by atoms with E-state index in [1.165, 1.54) is 6.20 Å². The number of fused-ring (bicyclic) bond motifs is 1. The fourth-order valence-electron chi connectivity index (χ4n) is 3.18. The molecular weight excluding hydrogens is 303 g/mol. The predicted octanol–water partition coefficient (Wildman–Crippen LogP) is 3.46. The third-order valence-electron chi connectivity index (χ3n) is 4.54. The Morgan fingerprint density at radius 2 is 2.00 bits per heavy atom. The number of H-pyrrole nitrogens is 1. The number of hydrogen-bond donors (Lipinski definition) is 2. The zero-order chi connectivity index (χ0) is 16.4. The average Bonchev–Trinajstić information content (AvgIpc) is 2.87. The first kappa shape index (κ1) is 16.3. The quantitative estimate of drug-likeness (QED) is 0.902. The van der Waals surface area contributed by atoms with Gasteiger partial charge in [-0.2, -0.15) is 13.2 Å². The molecule has 3 rings (SSSR count). The van der Waals surface area contributed by atoms with Gasteiger partial charge in [0.2, 0.25) is 0 Å². The molecule has 1 saturated heterocycles. The minimum atomic E-state index is -4.18. The molecule has 2 heterocycles. The Bertz CT molecular complexity index is 655. The van der Waals surface area contributed by atoms with Gasteiger partial charge in [-0.1, -0.05) is 12.1 Å². The van der Waals surface area contributed by atoms with Crippen molar-refractivity contribution in [2.45, 2.75) is 38.0 Å². The van der Waals surface area contributed by atoms with Gasteiger partial charge in [-0.3, -0.25) is 0 Å². The van der Waals surface area contributed by atoms with Crippen molar-refractivity contribution < 1.29 is 13.2 Å². The molecule has 126 valence electrons. The van der Waals surface area contributed by atoms with Crippen molar-refractivity contribution >= 4 is 10.9 Å². The zero-order valence-corrected chi connectivity index (χ0v) is 13.2. The van der Waals surface area contributed by atoms with E-state index in [1.807, 2.05) is 12.1 Å². The maximum atomic E-state index is 12.6. The summed E-state index contributed by atoms with van der Waals surface area (Å²) in [6.07, 6.45) is -1.33. The zero-order valence-electron chi connectivity index (χ0n) is 13.2. The number of likely N-dealkylation sites (tertiary alicyclic amines) is 1.